The number of amides is 1. The molecule has 2 fully saturated rings. The second-order valence-electron chi connectivity index (χ2n) is 6.36. The number of likely N-dealkylation sites (N-methyl/N-ethyl adjacent to an activating group) is 1. The van der Waals surface area contributed by atoms with E-state index in [1.54, 1.807) is 0 Å². The predicted molar refractivity (Wildman–Crippen MR) is 76.0 cm³/mol. The molecule has 22 heavy (non-hydrogen) atoms. The molecule has 0 aromatic carbocycles. The summed E-state index contributed by atoms with van der Waals surface area (Å²) in [4.78, 5) is 36.5. The molecule has 7 nitrogen and oxygen atoms in total. The lowest BCUT2D eigenvalue weighted by Gasteiger charge is -2.36. The smallest absolute Gasteiger partial charge is 0.413 e. The van der Waals surface area contributed by atoms with E-state index in [0.29, 0.717) is 26.1 Å². The van der Waals surface area contributed by atoms with Gasteiger partial charge in [-0.1, -0.05) is 13.3 Å². The van der Waals surface area contributed by atoms with Gasteiger partial charge >= 0.3 is 12.1 Å². The first-order chi connectivity index (χ1) is 10.4. The summed E-state index contributed by atoms with van der Waals surface area (Å²) in [5.41, 5.74) is -0.174. The minimum absolute atomic E-state index is 0.0561. The van der Waals surface area contributed by atoms with Crippen molar-refractivity contribution in [2.45, 2.75) is 45.1 Å². The van der Waals surface area contributed by atoms with Gasteiger partial charge in [0.1, 0.15) is 0 Å². The molecule has 2 aliphatic rings. The van der Waals surface area contributed by atoms with Crippen molar-refractivity contribution in [2.24, 2.45) is 5.41 Å². The highest BCUT2D eigenvalue weighted by atomic mass is 16.7. The Hall–Kier alpha value is -1.63. The molecule has 1 saturated heterocycles. The average molecular weight is 313 g/mol. The van der Waals surface area contributed by atoms with Gasteiger partial charge in [0.2, 0.25) is 6.79 Å². The van der Waals surface area contributed by atoms with Gasteiger partial charge < -0.3 is 19.1 Å². The number of nitrogens with zero attached hydrogens (tertiary/aromatic N) is 1. The molecule has 2 rings (SSSR count). The maximum Gasteiger partial charge on any atom is 0.413 e. The summed E-state index contributed by atoms with van der Waals surface area (Å²) in [5.74, 6) is -0.365. The molecule has 0 spiro atoms. The zero-order valence-corrected chi connectivity index (χ0v) is 13.1. The van der Waals surface area contributed by atoms with E-state index in [2.05, 4.69) is 0 Å². The number of hydrogen-bond acceptors (Lipinski definition) is 6. The summed E-state index contributed by atoms with van der Waals surface area (Å²) in [7, 11) is 1.53. The number of Topliss-reactive ketones (excluding diaryl/α,β-unsaturated/α-hetero) is 1. The Morgan fingerprint density at radius 1 is 1.32 bits per heavy atom. The van der Waals surface area contributed by atoms with Crippen LogP contribution in [0.3, 0.4) is 0 Å². The summed E-state index contributed by atoms with van der Waals surface area (Å²) in [6, 6.07) is -0.428. The number of carbonyl (C=O) groups excluding carboxylic acids is 3. The lowest BCUT2D eigenvalue weighted by molar-refractivity contribution is -0.166. The molecule has 1 amide bonds. The average Bonchev–Trinajstić information content (AvgIpc) is 2.45. The summed E-state index contributed by atoms with van der Waals surface area (Å²) in [5, 5.41) is 0. The quantitative estimate of drug-likeness (QED) is 0.565. The largest absolute Gasteiger partial charge is 0.428 e. The second-order valence-corrected chi connectivity index (χ2v) is 6.36. The molecule has 0 unspecified atom stereocenters. The van der Waals surface area contributed by atoms with Crippen molar-refractivity contribution in [1.29, 1.82) is 0 Å². The van der Waals surface area contributed by atoms with Crippen LogP contribution >= 0.6 is 0 Å². The zero-order valence-electron chi connectivity index (χ0n) is 13.1. The van der Waals surface area contributed by atoms with Crippen LogP contribution in [0.25, 0.3) is 0 Å². The van der Waals surface area contributed by atoms with E-state index in [1.165, 1.54) is 11.9 Å². The number of ether oxygens (including phenoxy) is 3. The fourth-order valence-corrected chi connectivity index (χ4v) is 2.70. The van der Waals surface area contributed by atoms with Gasteiger partial charge in [-0.05, 0) is 12.8 Å². The standard InChI is InChI=1S/C15H23NO6/c1-15(8-20-9-15)7-13(18)21-10-22-14(19)16(2)11-5-3-4-6-12(11)17/h11H,3-10H2,1-2H3/t11-/m1/s1. The molecular formula is C15H23NO6. The van der Waals surface area contributed by atoms with Gasteiger partial charge in [-0.3, -0.25) is 9.59 Å². The molecule has 1 aliphatic carbocycles. The fraction of sp³-hybridized carbons (Fsp3) is 0.800. The second kappa shape index (κ2) is 7.09. The third kappa shape index (κ3) is 4.19. The number of rotatable bonds is 5. The Morgan fingerprint density at radius 2 is 2.05 bits per heavy atom. The van der Waals surface area contributed by atoms with Crippen molar-refractivity contribution < 1.29 is 28.6 Å². The molecule has 7 heteroatoms. The topological polar surface area (TPSA) is 82.1 Å². The molecule has 0 radical (unpaired) electrons. The molecule has 1 atom stereocenters. The first-order valence-electron chi connectivity index (χ1n) is 7.57. The lowest BCUT2D eigenvalue weighted by Crippen LogP contribution is -2.44. The molecule has 124 valence electrons. The highest BCUT2D eigenvalue weighted by Gasteiger charge is 2.36. The van der Waals surface area contributed by atoms with Crippen LogP contribution in [-0.4, -0.2) is 55.8 Å². The Labute approximate surface area is 129 Å². The van der Waals surface area contributed by atoms with E-state index < -0.39 is 24.9 Å². The molecular weight excluding hydrogens is 290 g/mol. The van der Waals surface area contributed by atoms with Crippen LogP contribution in [-0.2, 0) is 23.8 Å². The highest BCUT2D eigenvalue weighted by Crippen LogP contribution is 2.30. The monoisotopic (exact) mass is 313 g/mol. The first-order valence-corrected chi connectivity index (χ1v) is 7.57. The lowest BCUT2D eigenvalue weighted by atomic mass is 9.85. The van der Waals surface area contributed by atoms with Gasteiger partial charge in [0.05, 0.1) is 25.7 Å². The molecule has 0 N–H and O–H groups in total. The maximum absolute atomic E-state index is 11.9. The van der Waals surface area contributed by atoms with Crippen LogP contribution in [0, 0.1) is 5.41 Å². The molecule has 1 saturated carbocycles. The molecule has 1 heterocycles. The van der Waals surface area contributed by atoms with Gasteiger partial charge in [0, 0.05) is 18.9 Å². The van der Waals surface area contributed by atoms with Crippen molar-refractivity contribution in [3.05, 3.63) is 0 Å². The third-order valence-corrected chi connectivity index (χ3v) is 4.15. The van der Waals surface area contributed by atoms with Crippen molar-refractivity contribution in [3.63, 3.8) is 0 Å². The van der Waals surface area contributed by atoms with Crippen molar-refractivity contribution in [2.75, 3.05) is 27.1 Å². The SMILES string of the molecule is CN(C(=O)OCOC(=O)CC1(C)COC1)[C@@H]1CCCCC1=O. The fourth-order valence-electron chi connectivity index (χ4n) is 2.70. The van der Waals surface area contributed by atoms with Gasteiger partial charge in [-0.15, -0.1) is 0 Å². The van der Waals surface area contributed by atoms with Crippen molar-refractivity contribution in [1.82, 2.24) is 4.90 Å². The molecule has 0 bridgehead atoms. The Kier molecular flexibility index (Phi) is 5.39. The van der Waals surface area contributed by atoms with Crippen LogP contribution in [0.15, 0.2) is 0 Å². The summed E-state index contributed by atoms with van der Waals surface area (Å²) >= 11 is 0. The maximum atomic E-state index is 11.9. The van der Waals surface area contributed by atoms with Crippen molar-refractivity contribution in [3.8, 4) is 0 Å². The summed E-state index contributed by atoms with van der Waals surface area (Å²) < 4.78 is 14.9. The van der Waals surface area contributed by atoms with Gasteiger partial charge in [0.25, 0.3) is 0 Å². The van der Waals surface area contributed by atoms with Crippen LogP contribution in [0.5, 0.6) is 0 Å². The Morgan fingerprint density at radius 3 is 2.64 bits per heavy atom. The molecule has 0 aromatic rings. The van der Waals surface area contributed by atoms with E-state index in [4.69, 9.17) is 14.2 Å². The van der Waals surface area contributed by atoms with Crippen molar-refractivity contribution >= 4 is 17.8 Å². The molecule has 0 aromatic heterocycles. The van der Waals surface area contributed by atoms with Crippen LogP contribution in [0.4, 0.5) is 4.79 Å². The Balaban J connectivity index is 1.68. The van der Waals surface area contributed by atoms with E-state index in [1.807, 2.05) is 6.92 Å². The van der Waals surface area contributed by atoms with Crippen LogP contribution in [0.2, 0.25) is 0 Å². The normalized spacial score (nSPS) is 23.4. The number of hydrogen-bond donors (Lipinski definition) is 0. The van der Waals surface area contributed by atoms with Crippen LogP contribution in [0.1, 0.15) is 39.0 Å². The Bertz CT molecular complexity index is 445. The number of esters is 1. The van der Waals surface area contributed by atoms with E-state index in [-0.39, 0.29) is 17.6 Å². The first kappa shape index (κ1) is 16.7. The van der Waals surface area contributed by atoms with Crippen LogP contribution < -0.4 is 0 Å². The summed E-state index contributed by atoms with van der Waals surface area (Å²) in [6.07, 6.45) is 2.54. The van der Waals surface area contributed by atoms with E-state index >= 15 is 0 Å². The zero-order chi connectivity index (χ0) is 16.2. The van der Waals surface area contributed by atoms with E-state index in [9.17, 15) is 14.4 Å². The summed E-state index contributed by atoms with van der Waals surface area (Å²) in [6.45, 7) is 2.58. The third-order valence-electron chi connectivity index (χ3n) is 4.15. The highest BCUT2D eigenvalue weighted by molar-refractivity contribution is 5.87. The van der Waals surface area contributed by atoms with Gasteiger partial charge in [0.15, 0.2) is 5.78 Å². The minimum Gasteiger partial charge on any atom is -0.428 e. The van der Waals surface area contributed by atoms with Gasteiger partial charge in [-0.2, -0.15) is 0 Å². The predicted octanol–water partition coefficient (Wildman–Crippen LogP) is 1.49. The number of carbonyl (C=O) groups is 3. The minimum atomic E-state index is -0.647. The molecule has 1 aliphatic heterocycles. The van der Waals surface area contributed by atoms with E-state index in [0.717, 1.165) is 12.8 Å². The van der Waals surface area contributed by atoms with Gasteiger partial charge in [-0.25, -0.2) is 4.79 Å². The number of ketones is 1.